The lowest BCUT2D eigenvalue weighted by atomic mass is 10.1. The van der Waals surface area contributed by atoms with Gasteiger partial charge in [0.1, 0.15) is 5.75 Å². The summed E-state index contributed by atoms with van der Waals surface area (Å²) in [5, 5.41) is 4.33. The average Bonchev–Trinajstić information content (AvgIpc) is 2.67. The van der Waals surface area contributed by atoms with Crippen LogP contribution in [-0.2, 0) is 6.54 Å². The first-order valence-electron chi connectivity index (χ1n) is 7.86. The van der Waals surface area contributed by atoms with E-state index in [0.717, 1.165) is 16.3 Å². The second-order valence-corrected chi connectivity index (χ2v) is 5.38. The number of amides is 1. The smallest absolute Gasteiger partial charge is 0.412 e. The van der Waals surface area contributed by atoms with E-state index in [0.29, 0.717) is 23.8 Å². The molecule has 0 heterocycles. The molecule has 3 aromatic rings. The van der Waals surface area contributed by atoms with Gasteiger partial charge < -0.3 is 19.5 Å². The van der Waals surface area contributed by atoms with Crippen molar-refractivity contribution >= 4 is 16.9 Å². The van der Waals surface area contributed by atoms with Crippen molar-refractivity contribution in [2.75, 3.05) is 14.2 Å². The SMILES string of the molecule is COc1cc(OC(=O)NCc2ccccc2)c2ccccc2c1OC. The van der Waals surface area contributed by atoms with Gasteiger partial charge in [0.2, 0.25) is 0 Å². The Labute approximate surface area is 146 Å². The molecule has 0 fully saturated rings. The number of ether oxygens (including phenoxy) is 3. The highest BCUT2D eigenvalue weighted by molar-refractivity contribution is 5.96. The molecule has 0 aromatic heterocycles. The molecule has 128 valence electrons. The highest BCUT2D eigenvalue weighted by Gasteiger charge is 2.16. The average molecular weight is 337 g/mol. The lowest BCUT2D eigenvalue weighted by molar-refractivity contribution is 0.200. The van der Waals surface area contributed by atoms with Gasteiger partial charge in [0.15, 0.2) is 11.5 Å². The lowest BCUT2D eigenvalue weighted by Crippen LogP contribution is -2.26. The number of rotatable bonds is 5. The molecule has 5 heteroatoms. The molecule has 0 unspecified atom stereocenters. The fourth-order valence-electron chi connectivity index (χ4n) is 2.64. The van der Waals surface area contributed by atoms with Crippen molar-refractivity contribution in [3.8, 4) is 17.2 Å². The van der Waals surface area contributed by atoms with Crippen LogP contribution in [0.5, 0.6) is 17.2 Å². The van der Waals surface area contributed by atoms with Gasteiger partial charge in [-0.1, -0.05) is 54.6 Å². The molecule has 3 rings (SSSR count). The molecule has 25 heavy (non-hydrogen) atoms. The van der Waals surface area contributed by atoms with Gasteiger partial charge in [-0.25, -0.2) is 4.79 Å². The highest BCUT2D eigenvalue weighted by atomic mass is 16.6. The Morgan fingerprint density at radius 2 is 1.56 bits per heavy atom. The fraction of sp³-hybridized carbons (Fsp3) is 0.150. The van der Waals surface area contributed by atoms with E-state index in [4.69, 9.17) is 14.2 Å². The molecular formula is C20H19NO4. The normalized spacial score (nSPS) is 10.3. The van der Waals surface area contributed by atoms with E-state index in [-0.39, 0.29) is 0 Å². The Morgan fingerprint density at radius 1 is 0.880 bits per heavy atom. The van der Waals surface area contributed by atoms with Crippen molar-refractivity contribution < 1.29 is 19.0 Å². The maximum Gasteiger partial charge on any atom is 0.412 e. The van der Waals surface area contributed by atoms with Crippen LogP contribution in [0.2, 0.25) is 0 Å². The molecule has 3 aromatic carbocycles. The van der Waals surface area contributed by atoms with Gasteiger partial charge in [-0.15, -0.1) is 0 Å². The standard InChI is InChI=1S/C20H19NO4/c1-23-18-12-17(15-10-6-7-11-16(15)19(18)24-2)25-20(22)21-13-14-8-4-3-5-9-14/h3-12H,13H2,1-2H3,(H,21,22). The molecule has 0 saturated carbocycles. The summed E-state index contributed by atoms with van der Waals surface area (Å²) in [6.07, 6.45) is -0.527. The van der Waals surface area contributed by atoms with Crippen LogP contribution in [-0.4, -0.2) is 20.3 Å². The Bertz CT molecular complexity index is 878. The van der Waals surface area contributed by atoms with Crippen molar-refractivity contribution in [2.24, 2.45) is 0 Å². The van der Waals surface area contributed by atoms with Crippen molar-refractivity contribution in [3.05, 3.63) is 66.2 Å². The zero-order valence-electron chi connectivity index (χ0n) is 14.1. The van der Waals surface area contributed by atoms with E-state index in [2.05, 4.69) is 5.32 Å². The number of benzene rings is 3. The summed E-state index contributed by atoms with van der Waals surface area (Å²) in [6.45, 7) is 0.394. The number of nitrogens with one attached hydrogen (secondary N) is 1. The first-order valence-corrected chi connectivity index (χ1v) is 7.86. The topological polar surface area (TPSA) is 56.8 Å². The molecule has 0 spiro atoms. The molecule has 5 nitrogen and oxygen atoms in total. The first kappa shape index (κ1) is 16.6. The van der Waals surface area contributed by atoms with Crippen molar-refractivity contribution in [1.82, 2.24) is 5.32 Å². The van der Waals surface area contributed by atoms with Gasteiger partial charge in [0, 0.05) is 23.4 Å². The molecule has 0 aliphatic carbocycles. The predicted octanol–water partition coefficient (Wildman–Crippen LogP) is 4.15. The van der Waals surface area contributed by atoms with Crippen LogP contribution in [0.3, 0.4) is 0 Å². The molecule has 0 saturated heterocycles. The van der Waals surface area contributed by atoms with Crippen LogP contribution in [0, 0.1) is 0 Å². The maximum absolute atomic E-state index is 12.2. The summed E-state index contributed by atoms with van der Waals surface area (Å²) in [4.78, 5) is 12.2. The van der Waals surface area contributed by atoms with Gasteiger partial charge in [0.25, 0.3) is 0 Å². The minimum Gasteiger partial charge on any atom is -0.493 e. The van der Waals surface area contributed by atoms with Crippen LogP contribution in [0.4, 0.5) is 4.79 Å². The quantitative estimate of drug-likeness (QED) is 0.760. The van der Waals surface area contributed by atoms with Crippen LogP contribution < -0.4 is 19.5 Å². The minimum absolute atomic E-state index is 0.394. The summed E-state index contributed by atoms with van der Waals surface area (Å²) in [7, 11) is 3.13. The van der Waals surface area contributed by atoms with E-state index in [1.54, 1.807) is 20.3 Å². The Morgan fingerprint density at radius 3 is 2.24 bits per heavy atom. The van der Waals surface area contributed by atoms with Gasteiger partial charge in [-0.2, -0.15) is 0 Å². The molecule has 1 amide bonds. The van der Waals surface area contributed by atoms with E-state index in [1.807, 2.05) is 54.6 Å². The number of methoxy groups -OCH3 is 2. The lowest BCUT2D eigenvalue weighted by Gasteiger charge is -2.15. The second-order valence-electron chi connectivity index (χ2n) is 5.38. The third kappa shape index (κ3) is 3.66. The molecule has 0 aliphatic heterocycles. The summed E-state index contributed by atoms with van der Waals surface area (Å²) >= 11 is 0. The maximum atomic E-state index is 12.2. The molecule has 1 N–H and O–H groups in total. The number of hydrogen-bond acceptors (Lipinski definition) is 4. The molecule has 0 bridgehead atoms. The van der Waals surface area contributed by atoms with Crippen LogP contribution in [0.1, 0.15) is 5.56 Å². The summed E-state index contributed by atoms with van der Waals surface area (Å²) in [6, 6.07) is 18.8. The third-order valence-electron chi connectivity index (χ3n) is 3.83. The number of hydrogen-bond donors (Lipinski definition) is 1. The number of carbonyl (C=O) groups is 1. The third-order valence-corrected chi connectivity index (χ3v) is 3.83. The fourth-order valence-corrected chi connectivity index (χ4v) is 2.64. The van der Waals surface area contributed by atoms with Gasteiger partial charge in [-0.3, -0.25) is 0 Å². The number of fused-ring (bicyclic) bond motifs is 1. The Balaban J connectivity index is 1.84. The van der Waals surface area contributed by atoms with E-state index < -0.39 is 6.09 Å². The van der Waals surface area contributed by atoms with Crippen molar-refractivity contribution in [2.45, 2.75) is 6.54 Å². The van der Waals surface area contributed by atoms with Crippen molar-refractivity contribution in [3.63, 3.8) is 0 Å². The van der Waals surface area contributed by atoms with E-state index >= 15 is 0 Å². The van der Waals surface area contributed by atoms with Gasteiger partial charge >= 0.3 is 6.09 Å². The zero-order chi connectivity index (χ0) is 17.6. The zero-order valence-corrected chi connectivity index (χ0v) is 14.1. The molecule has 0 radical (unpaired) electrons. The molecule has 0 atom stereocenters. The predicted molar refractivity (Wildman–Crippen MR) is 96.4 cm³/mol. The van der Waals surface area contributed by atoms with E-state index in [9.17, 15) is 4.79 Å². The Kier molecular flexibility index (Phi) is 5.04. The van der Waals surface area contributed by atoms with Crippen molar-refractivity contribution in [1.29, 1.82) is 0 Å². The van der Waals surface area contributed by atoms with Gasteiger partial charge in [-0.05, 0) is 5.56 Å². The van der Waals surface area contributed by atoms with Crippen LogP contribution >= 0.6 is 0 Å². The van der Waals surface area contributed by atoms with E-state index in [1.165, 1.54) is 0 Å². The van der Waals surface area contributed by atoms with Gasteiger partial charge in [0.05, 0.1) is 14.2 Å². The first-order chi connectivity index (χ1) is 12.2. The number of carbonyl (C=O) groups excluding carboxylic acids is 1. The van der Waals surface area contributed by atoms with Crippen LogP contribution in [0.25, 0.3) is 10.8 Å². The summed E-state index contributed by atoms with van der Waals surface area (Å²) in [5.74, 6) is 1.53. The highest BCUT2D eigenvalue weighted by Crippen LogP contribution is 2.41. The largest absolute Gasteiger partial charge is 0.493 e. The Hall–Kier alpha value is -3.21. The molecular weight excluding hydrogens is 318 g/mol. The monoisotopic (exact) mass is 337 g/mol. The van der Waals surface area contributed by atoms with Crippen LogP contribution in [0.15, 0.2) is 60.7 Å². The summed E-state index contributed by atoms with van der Waals surface area (Å²) < 4.78 is 16.3. The minimum atomic E-state index is -0.527. The molecule has 0 aliphatic rings. The summed E-state index contributed by atoms with van der Waals surface area (Å²) in [5.41, 5.74) is 0.997. The second kappa shape index (κ2) is 7.57.